The highest BCUT2D eigenvalue weighted by Gasteiger charge is 2.21. The molecule has 1 atom stereocenters. The predicted molar refractivity (Wildman–Crippen MR) is 59.8 cm³/mol. The lowest BCUT2D eigenvalue weighted by molar-refractivity contribution is -0.149. The minimum atomic E-state index is -0.148. The van der Waals surface area contributed by atoms with Gasteiger partial charge in [-0.15, -0.1) is 0 Å². The van der Waals surface area contributed by atoms with Crippen LogP contribution in [0.15, 0.2) is 0 Å². The Bertz CT molecular complexity index is 173. The second kappa shape index (κ2) is 8.68. The van der Waals surface area contributed by atoms with Crippen LogP contribution in [0.2, 0.25) is 0 Å². The number of rotatable bonds is 8. The van der Waals surface area contributed by atoms with Gasteiger partial charge in [0.15, 0.2) is 0 Å². The van der Waals surface area contributed by atoms with Crippen molar-refractivity contribution < 1.29 is 14.3 Å². The SMILES string of the molecule is CCOCCN(C)C(CC)C(=O)OCC. The average Bonchev–Trinajstić information content (AvgIpc) is 2.19. The summed E-state index contributed by atoms with van der Waals surface area (Å²) in [6.07, 6.45) is 0.765. The van der Waals surface area contributed by atoms with Crippen LogP contribution in [0.3, 0.4) is 0 Å². The van der Waals surface area contributed by atoms with E-state index in [1.54, 1.807) is 0 Å². The number of carbonyl (C=O) groups is 1. The van der Waals surface area contributed by atoms with Crippen LogP contribution in [-0.2, 0) is 14.3 Å². The largest absolute Gasteiger partial charge is 0.465 e. The van der Waals surface area contributed by atoms with E-state index in [0.29, 0.717) is 19.8 Å². The molecule has 0 N–H and O–H groups in total. The van der Waals surface area contributed by atoms with Crippen molar-refractivity contribution in [3.05, 3.63) is 0 Å². The van der Waals surface area contributed by atoms with Gasteiger partial charge >= 0.3 is 5.97 Å². The van der Waals surface area contributed by atoms with Crippen LogP contribution in [0.4, 0.5) is 0 Å². The molecule has 0 saturated carbocycles. The van der Waals surface area contributed by atoms with Crippen LogP contribution < -0.4 is 0 Å². The fraction of sp³-hybridized carbons (Fsp3) is 0.909. The highest BCUT2D eigenvalue weighted by atomic mass is 16.5. The number of hydrogen-bond acceptors (Lipinski definition) is 4. The van der Waals surface area contributed by atoms with E-state index in [0.717, 1.165) is 13.0 Å². The van der Waals surface area contributed by atoms with E-state index in [1.807, 2.05) is 32.7 Å². The second-order valence-corrected chi connectivity index (χ2v) is 3.35. The molecule has 0 aliphatic heterocycles. The average molecular weight is 217 g/mol. The summed E-state index contributed by atoms with van der Waals surface area (Å²) in [6, 6.07) is -0.148. The zero-order chi connectivity index (χ0) is 11.7. The van der Waals surface area contributed by atoms with Gasteiger partial charge in [-0.05, 0) is 27.3 Å². The number of carbonyl (C=O) groups excluding carboxylic acids is 1. The molecular formula is C11H23NO3. The summed E-state index contributed by atoms with van der Waals surface area (Å²) in [5.41, 5.74) is 0. The lowest BCUT2D eigenvalue weighted by atomic mass is 10.2. The fourth-order valence-corrected chi connectivity index (χ4v) is 1.41. The Labute approximate surface area is 92.5 Å². The minimum Gasteiger partial charge on any atom is -0.465 e. The molecule has 4 nitrogen and oxygen atoms in total. The van der Waals surface area contributed by atoms with Gasteiger partial charge in [0, 0.05) is 13.2 Å². The number of esters is 1. The summed E-state index contributed by atoms with van der Waals surface area (Å²) < 4.78 is 10.2. The van der Waals surface area contributed by atoms with Gasteiger partial charge < -0.3 is 9.47 Å². The first-order valence-electron chi connectivity index (χ1n) is 5.61. The third-order valence-corrected chi connectivity index (χ3v) is 2.27. The van der Waals surface area contributed by atoms with Gasteiger partial charge in [-0.2, -0.15) is 0 Å². The maximum atomic E-state index is 11.5. The molecule has 0 aliphatic carbocycles. The van der Waals surface area contributed by atoms with Gasteiger partial charge in [-0.3, -0.25) is 9.69 Å². The third kappa shape index (κ3) is 5.74. The summed E-state index contributed by atoms with van der Waals surface area (Å²) in [5, 5.41) is 0. The molecule has 0 aromatic carbocycles. The lowest BCUT2D eigenvalue weighted by Crippen LogP contribution is -2.40. The van der Waals surface area contributed by atoms with E-state index in [1.165, 1.54) is 0 Å². The molecule has 0 bridgehead atoms. The van der Waals surface area contributed by atoms with Gasteiger partial charge in [-0.25, -0.2) is 0 Å². The molecule has 1 unspecified atom stereocenters. The maximum Gasteiger partial charge on any atom is 0.323 e. The second-order valence-electron chi connectivity index (χ2n) is 3.35. The van der Waals surface area contributed by atoms with Gasteiger partial charge in [0.1, 0.15) is 6.04 Å². The molecule has 0 amide bonds. The normalized spacial score (nSPS) is 12.9. The monoisotopic (exact) mass is 217 g/mol. The number of ether oxygens (including phenoxy) is 2. The van der Waals surface area contributed by atoms with Gasteiger partial charge in [0.25, 0.3) is 0 Å². The van der Waals surface area contributed by atoms with Gasteiger partial charge in [0.05, 0.1) is 13.2 Å². The van der Waals surface area contributed by atoms with Crippen LogP contribution >= 0.6 is 0 Å². The van der Waals surface area contributed by atoms with Crippen molar-refractivity contribution in [3.63, 3.8) is 0 Å². The van der Waals surface area contributed by atoms with Crippen molar-refractivity contribution in [2.24, 2.45) is 0 Å². The van der Waals surface area contributed by atoms with E-state index in [4.69, 9.17) is 9.47 Å². The summed E-state index contributed by atoms with van der Waals surface area (Å²) in [7, 11) is 1.92. The van der Waals surface area contributed by atoms with Crippen molar-refractivity contribution in [1.82, 2.24) is 4.90 Å². The zero-order valence-corrected chi connectivity index (χ0v) is 10.3. The molecule has 90 valence electrons. The van der Waals surface area contributed by atoms with Gasteiger partial charge in [-0.1, -0.05) is 6.92 Å². The first-order chi connectivity index (χ1) is 7.17. The van der Waals surface area contributed by atoms with Crippen LogP contribution in [0.5, 0.6) is 0 Å². The predicted octanol–water partition coefficient (Wildman–Crippen LogP) is 1.30. The van der Waals surface area contributed by atoms with Crippen molar-refractivity contribution in [1.29, 1.82) is 0 Å². The Morgan fingerprint density at radius 1 is 1.27 bits per heavy atom. The number of likely N-dealkylation sites (N-methyl/N-ethyl adjacent to an activating group) is 1. The van der Waals surface area contributed by atoms with Crippen molar-refractivity contribution in [3.8, 4) is 0 Å². The first-order valence-corrected chi connectivity index (χ1v) is 5.61. The Kier molecular flexibility index (Phi) is 8.33. The molecule has 4 heteroatoms. The van der Waals surface area contributed by atoms with E-state index in [9.17, 15) is 4.79 Å². The van der Waals surface area contributed by atoms with Crippen LogP contribution in [0.1, 0.15) is 27.2 Å². The van der Waals surface area contributed by atoms with Crippen molar-refractivity contribution in [2.45, 2.75) is 33.2 Å². The molecule has 0 aromatic heterocycles. The molecule has 0 fully saturated rings. The third-order valence-electron chi connectivity index (χ3n) is 2.27. The molecule has 0 rings (SSSR count). The first kappa shape index (κ1) is 14.4. The van der Waals surface area contributed by atoms with Crippen LogP contribution in [0, 0.1) is 0 Å². The molecule has 0 radical (unpaired) electrons. The smallest absolute Gasteiger partial charge is 0.323 e. The summed E-state index contributed by atoms with van der Waals surface area (Å²) in [5.74, 6) is -0.140. The Morgan fingerprint density at radius 3 is 2.40 bits per heavy atom. The standard InChI is InChI=1S/C11H23NO3/c1-5-10(11(13)15-7-3)12(4)8-9-14-6-2/h10H,5-9H2,1-4H3. The topological polar surface area (TPSA) is 38.8 Å². The Morgan fingerprint density at radius 2 is 1.93 bits per heavy atom. The summed E-state index contributed by atoms with van der Waals surface area (Å²) in [4.78, 5) is 13.5. The van der Waals surface area contributed by atoms with Crippen molar-refractivity contribution >= 4 is 5.97 Å². The quantitative estimate of drug-likeness (QED) is 0.454. The highest BCUT2D eigenvalue weighted by Crippen LogP contribution is 2.04. The van der Waals surface area contributed by atoms with Crippen molar-refractivity contribution in [2.75, 3.05) is 33.4 Å². The summed E-state index contributed by atoms with van der Waals surface area (Å²) in [6.45, 7) is 8.33. The lowest BCUT2D eigenvalue weighted by Gasteiger charge is -2.24. The van der Waals surface area contributed by atoms with E-state index in [-0.39, 0.29) is 12.0 Å². The molecule has 0 aromatic rings. The molecular weight excluding hydrogens is 194 g/mol. The molecule has 0 saturated heterocycles. The van der Waals surface area contributed by atoms with E-state index < -0.39 is 0 Å². The Hall–Kier alpha value is -0.610. The van der Waals surface area contributed by atoms with Gasteiger partial charge in [0.2, 0.25) is 0 Å². The molecule has 0 aliphatic rings. The zero-order valence-electron chi connectivity index (χ0n) is 10.3. The number of hydrogen-bond donors (Lipinski definition) is 0. The fourth-order valence-electron chi connectivity index (χ4n) is 1.41. The van der Waals surface area contributed by atoms with E-state index >= 15 is 0 Å². The molecule has 15 heavy (non-hydrogen) atoms. The molecule has 0 heterocycles. The molecule has 0 spiro atoms. The Balaban J connectivity index is 3.97. The van der Waals surface area contributed by atoms with E-state index in [2.05, 4.69) is 0 Å². The maximum absolute atomic E-state index is 11.5. The van der Waals surface area contributed by atoms with Crippen LogP contribution in [0.25, 0.3) is 0 Å². The minimum absolute atomic E-state index is 0.140. The highest BCUT2D eigenvalue weighted by molar-refractivity contribution is 5.75. The summed E-state index contributed by atoms with van der Waals surface area (Å²) >= 11 is 0. The number of nitrogens with zero attached hydrogens (tertiary/aromatic N) is 1. The van der Waals surface area contributed by atoms with Crippen LogP contribution in [-0.4, -0.2) is 50.3 Å².